The summed E-state index contributed by atoms with van der Waals surface area (Å²) in [5.74, 6) is -0.0205. The van der Waals surface area contributed by atoms with Crippen molar-refractivity contribution in [2.75, 3.05) is 55.6 Å². The molecule has 2 fully saturated rings. The maximum Gasteiger partial charge on any atom is 0.423 e. The predicted octanol–water partition coefficient (Wildman–Crippen LogP) is 5.59. The summed E-state index contributed by atoms with van der Waals surface area (Å²) in [6.07, 6.45) is -2.46. The van der Waals surface area contributed by atoms with Gasteiger partial charge in [0.1, 0.15) is 5.56 Å². The van der Waals surface area contributed by atoms with Crippen LogP contribution in [0.15, 0.2) is 42.5 Å². The van der Waals surface area contributed by atoms with Gasteiger partial charge in [-0.1, -0.05) is 31.2 Å². The number of benzene rings is 2. The number of hydrogen-bond acceptors (Lipinski definition) is 6. The Morgan fingerprint density at radius 2 is 1.69 bits per heavy atom. The molecule has 0 spiro atoms. The van der Waals surface area contributed by atoms with Crippen molar-refractivity contribution in [2.45, 2.75) is 45.3 Å². The van der Waals surface area contributed by atoms with E-state index in [4.69, 9.17) is 11.6 Å². The average Bonchev–Trinajstić information content (AvgIpc) is 2.89. The van der Waals surface area contributed by atoms with Crippen molar-refractivity contribution < 1.29 is 22.9 Å². The Balaban J connectivity index is 0.00000420. The molecular weight excluding hydrogens is 535 g/mol. The maximum absolute atomic E-state index is 13.3. The van der Waals surface area contributed by atoms with Gasteiger partial charge < -0.3 is 15.1 Å². The number of nitrogens with zero attached hydrogens (tertiary/aromatic N) is 4. The molecule has 0 aromatic heterocycles. The fourth-order valence-corrected chi connectivity index (χ4v) is 5.33. The zero-order valence-corrected chi connectivity index (χ0v) is 21.7. The summed E-state index contributed by atoms with van der Waals surface area (Å²) < 4.78 is 39.9. The van der Waals surface area contributed by atoms with Gasteiger partial charge in [-0.05, 0) is 50.1 Å². The number of carbonyl (C=O) groups is 1. The minimum atomic E-state index is -4.81. The summed E-state index contributed by atoms with van der Waals surface area (Å²) in [7, 11) is 0. The third kappa shape index (κ3) is 7.98. The van der Waals surface area contributed by atoms with Crippen LogP contribution in [0.5, 0.6) is 0 Å². The molecule has 2 heterocycles. The summed E-state index contributed by atoms with van der Waals surface area (Å²) in [4.78, 5) is 28.8. The second-order valence-corrected chi connectivity index (χ2v) is 10.1. The standard InChI is InChI=1S/C26H31ClF3N5O3.CH4/c27-22-4-1-2-5-24(22)34-16-14-32(15-17-34)11-3-6-25(36)31-19-9-12-33(13-10-19)20-7-8-23(35(37)38)21(18-20)26(28,29)30;/h1-2,4-5,7-8,18-19H,3,6,9-17H2,(H,31,36);1H4. The molecule has 1 amide bonds. The highest BCUT2D eigenvalue weighted by molar-refractivity contribution is 6.33. The summed E-state index contributed by atoms with van der Waals surface area (Å²) in [6.45, 7) is 5.32. The molecule has 0 atom stereocenters. The third-order valence-electron chi connectivity index (χ3n) is 7.15. The van der Waals surface area contributed by atoms with Crippen LogP contribution in [-0.4, -0.2) is 67.6 Å². The Morgan fingerprint density at radius 3 is 2.31 bits per heavy atom. The van der Waals surface area contributed by atoms with Crippen LogP contribution >= 0.6 is 11.6 Å². The number of hydrogen-bond donors (Lipinski definition) is 1. The molecule has 2 aromatic rings. The highest BCUT2D eigenvalue weighted by Gasteiger charge is 2.39. The minimum absolute atomic E-state index is 0. The Labute approximate surface area is 231 Å². The molecule has 2 aliphatic rings. The maximum atomic E-state index is 13.3. The zero-order valence-electron chi connectivity index (χ0n) is 20.9. The van der Waals surface area contributed by atoms with Crippen molar-refractivity contribution in [3.63, 3.8) is 0 Å². The summed E-state index contributed by atoms with van der Waals surface area (Å²) in [5, 5.41) is 14.8. The minimum Gasteiger partial charge on any atom is -0.371 e. The van der Waals surface area contributed by atoms with E-state index in [9.17, 15) is 28.1 Å². The molecule has 4 rings (SSSR count). The fraction of sp³-hybridized carbons (Fsp3) is 0.519. The van der Waals surface area contributed by atoms with Gasteiger partial charge in [-0.25, -0.2) is 0 Å². The molecule has 0 unspecified atom stereocenters. The number of piperidine rings is 1. The molecule has 2 aromatic carbocycles. The van der Waals surface area contributed by atoms with Crippen LogP contribution in [-0.2, 0) is 11.0 Å². The highest BCUT2D eigenvalue weighted by atomic mass is 35.5. The van der Waals surface area contributed by atoms with E-state index in [-0.39, 0.29) is 19.4 Å². The van der Waals surface area contributed by atoms with E-state index in [1.165, 1.54) is 6.07 Å². The predicted molar refractivity (Wildman–Crippen MR) is 148 cm³/mol. The zero-order chi connectivity index (χ0) is 27.3. The molecule has 2 saturated heterocycles. The quantitative estimate of drug-likeness (QED) is 0.330. The number of nitro benzene ring substituents is 1. The first-order valence-electron chi connectivity index (χ1n) is 12.7. The average molecular weight is 570 g/mol. The lowest BCUT2D eigenvalue weighted by Crippen LogP contribution is -2.47. The number of carbonyl (C=O) groups excluding carboxylic acids is 1. The molecule has 0 saturated carbocycles. The normalized spacial score (nSPS) is 17.0. The number of nitro groups is 1. The van der Waals surface area contributed by atoms with Crippen LogP contribution in [0, 0.1) is 10.1 Å². The Kier molecular flexibility index (Phi) is 10.4. The number of anilines is 2. The van der Waals surface area contributed by atoms with E-state index in [1.807, 2.05) is 24.3 Å². The Morgan fingerprint density at radius 1 is 1.03 bits per heavy atom. The fourth-order valence-electron chi connectivity index (χ4n) is 5.07. The van der Waals surface area contributed by atoms with E-state index < -0.39 is 22.4 Å². The van der Waals surface area contributed by atoms with Gasteiger partial charge in [0, 0.05) is 63.5 Å². The van der Waals surface area contributed by atoms with Gasteiger partial charge in [-0.2, -0.15) is 13.2 Å². The largest absolute Gasteiger partial charge is 0.423 e. The number of rotatable bonds is 8. The van der Waals surface area contributed by atoms with Crippen molar-refractivity contribution >= 4 is 34.6 Å². The van der Waals surface area contributed by atoms with Gasteiger partial charge in [0.25, 0.3) is 5.69 Å². The monoisotopic (exact) mass is 569 g/mol. The van der Waals surface area contributed by atoms with Crippen molar-refractivity contribution in [2.24, 2.45) is 0 Å². The van der Waals surface area contributed by atoms with Gasteiger partial charge in [-0.15, -0.1) is 0 Å². The summed E-state index contributed by atoms with van der Waals surface area (Å²) >= 11 is 6.30. The first-order valence-corrected chi connectivity index (χ1v) is 13.1. The van der Waals surface area contributed by atoms with Crippen molar-refractivity contribution in [1.82, 2.24) is 10.2 Å². The Bertz CT molecular complexity index is 1130. The molecule has 214 valence electrons. The van der Waals surface area contributed by atoms with Gasteiger partial charge in [0.15, 0.2) is 0 Å². The van der Waals surface area contributed by atoms with E-state index in [2.05, 4.69) is 15.1 Å². The molecule has 1 N–H and O–H groups in total. The Hall–Kier alpha value is -3.05. The summed E-state index contributed by atoms with van der Waals surface area (Å²) in [6, 6.07) is 10.9. The van der Waals surface area contributed by atoms with Crippen LogP contribution < -0.4 is 15.1 Å². The lowest BCUT2D eigenvalue weighted by atomic mass is 10.0. The van der Waals surface area contributed by atoms with Crippen molar-refractivity contribution in [3.05, 3.63) is 63.2 Å². The van der Waals surface area contributed by atoms with Crippen LogP contribution in [0.4, 0.5) is 30.2 Å². The van der Waals surface area contributed by atoms with Gasteiger partial charge in [-0.3, -0.25) is 19.8 Å². The lowest BCUT2D eigenvalue weighted by molar-refractivity contribution is -0.388. The molecule has 12 heteroatoms. The number of nitrogens with one attached hydrogen (secondary N) is 1. The molecule has 0 aliphatic carbocycles. The first kappa shape index (κ1) is 30.5. The lowest BCUT2D eigenvalue weighted by Gasteiger charge is -2.36. The SMILES string of the molecule is C.O=C(CCCN1CCN(c2ccccc2Cl)CC1)NC1CCN(c2ccc([N+](=O)[O-])c(C(F)(F)F)c2)CC1. The van der Waals surface area contributed by atoms with Gasteiger partial charge in [0.05, 0.1) is 15.6 Å². The van der Waals surface area contributed by atoms with Crippen LogP contribution in [0.25, 0.3) is 0 Å². The summed E-state index contributed by atoms with van der Waals surface area (Å²) in [5.41, 5.74) is -0.859. The van der Waals surface area contributed by atoms with Gasteiger partial charge >= 0.3 is 6.18 Å². The number of amides is 1. The molecule has 0 bridgehead atoms. The second kappa shape index (κ2) is 13.3. The number of alkyl halides is 3. The molecule has 2 aliphatic heterocycles. The third-order valence-corrected chi connectivity index (χ3v) is 7.47. The number of piperazine rings is 1. The van der Waals surface area contributed by atoms with E-state index in [0.29, 0.717) is 38.0 Å². The number of para-hydroxylation sites is 1. The molecule has 39 heavy (non-hydrogen) atoms. The van der Waals surface area contributed by atoms with Crippen LogP contribution in [0.2, 0.25) is 5.02 Å². The van der Waals surface area contributed by atoms with Gasteiger partial charge in [0.2, 0.25) is 5.91 Å². The number of halogens is 4. The van der Waals surface area contributed by atoms with E-state index in [1.54, 1.807) is 4.90 Å². The highest BCUT2D eigenvalue weighted by Crippen LogP contribution is 2.38. The van der Waals surface area contributed by atoms with E-state index in [0.717, 1.165) is 62.0 Å². The second-order valence-electron chi connectivity index (χ2n) is 9.67. The smallest absolute Gasteiger partial charge is 0.371 e. The molecular formula is C27H35ClF3N5O3. The molecule has 0 radical (unpaired) electrons. The van der Waals surface area contributed by atoms with Crippen molar-refractivity contribution in [3.8, 4) is 0 Å². The first-order chi connectivity index (χ1) is 18.1. The topological polar surface area (TPSA) is 82.0 Å². The van der Waals surface area contributed by atoms with E-state index >= 15 is 0 Å². The van der Waals surface area contributed by atoms with Crippen LogP contribution in [0.3, 0.4) is 0 Å². The van der Waals surface area contributed by atoms with Crippen LogP contribution in [0.1, 0.15) is 38.7 Å². The van der Waals surface area contributed by atoms with Crippen molar-refractivity contribution in [1.29, 1.82) is 0 Å². The molecule has 8 nitrogen and oxygen atoms in total.